The van der Waals surface area contributed by atoms with Gasteiger partial charge in [-0.05, 0) is 115 Å². The molecule has 0 N–H and O–H groups in total. The van der Waals surface area contributed by atoms with Gasteiger partial charge in [-0.25, -0.2) is 9.67 Å². The Labute approximate surface area is 309 Å². The van der Waals surface area contributed by atoms with Crippen molar-refractivity contribution in [2.24, 2.45) is 0 Å². The van der Waals surface area contributed by atoms with E-state index in [0.717, 1.165) is 58.3 Å². The van der Waals surface area contributed by atoms with Crippen LogP contribution in [0.25, 0.3) is 44.4 Å². The third-order valence-electron chi connectivity index (χ3n) is 10.5. The molecule has 3 heterocycles. The van der Waals surface area contributed by atoms with E-state index in [1.165, 1.54) is 49.7 Å². The van der Waals surface area contributed by atoms with Crippen molar-refractivity contribution in [3.8, 4) is 34.1 Å². The van der Waals surface area contributed by atoms with Gasteiger partial charge in [0.25, 0.3) is 0 Å². The van der Waals surface area contributed by atoms with Gasteiger partial charge in [0.05, 0.1) is 22.4 Å². The van der Waals surface area contributed by atoms with Gasteiger partial charge in [-0.15, -0.1) is 0 Å². The summed E-state index contributed by atoms with van der Waals surface area (Å²) in [6.07, 6.45) is 3.88. The summed E-state index contributed by atoms with van der Waals surface area (Å²) in [7, 11) is 0. The van der Waals surface area contributed by atoms with E-state index in [1.807, 2.05) is 6.20 Å². The highest BCUT2D eigenvalue weighted by Crippen LogP contribution is 2.39. The van der Waals surface area contributed by atoms with Crippen LogP contribution in [0.15, 0.2) is 91.1 Å². The molecule has 5 heteroatoms. The number of aromatic nitrogens is 4. The summed E-state index contributed by atoms with van der Waals surface area (Å²) >= 11 is 0. The van der Waals surface area contributed by atoms with Crippen LogP contribution in [0.3, 0.4) is 0 Å². The second kappa shape index (κ2) is 13.1. The van der Waals surface area contributed by atoms with Crippen LogP contribution in [0.1, 0.15) is 94.6 Å². The van der Waals surface area contributed by atoms with Crippen molar-refractivity contribution in [3.63, 3.8) is 0 Å². The summed E-state index contributed by atoms with van der Waals surface area (Å²) in [4.78, 5) is 4.87. The SMILES string of the molecule is CCc1cc(C)cc(CC)c1-c1c(C)nn(-c2cc(Oc3ccc4c5ccccc5n(-c5cc(C(C)(C)C)ccn5)c4c3)cc(C(C)(C)C)c2)c1C. The maximum Gasteiger partial charge on any atom is 0.137 e. The lowest BCUT2D eigenvalue weighted by molar-refractivity contribution is 0.478. The summed E-state index contributed by atoms with van der Waals surface area (Å²) < 4.78 is 11.2. The summed E-state index contributed by atoms with van der Waals surface area (Å²) in [5.41, 5.74) is 14.3. The van der Waals surface area contributed by atoms with E-state index >= 15 is 0 Å². The lowest BCUT2D eigenvalue weighted by atomic mass is 9.86. The van der Waals surface area contributed by atoms with Crippen LogP contribution in [-0.2, 0) is 23.7 Å². The molecular formula is C47H52N4O. The quantitative estimate of drug-likeness (QED) is 0.167. The predicted octanol–water partition coefficient (Wildman–Crippen LogP) is 12.5. The molecule has 3 aromatic heterocycles. The fourth-order valence-corrected chi connectivity index (χ4v) is 7.68. The molecule has 7 rings (SSSR count). The van der Waals surface area contributed by atoms with Gasteiger partial charge in [-0.2, -0.15) is 5.10 Å². The average molecular weight is 689 g/mol. The van der Waals surface area contributed by atoms with E-state index in [1.54, 1.807) is 0 Å². The average Bonchev–Trinajstić information content (AvgIpc) is 3.59. The van der Waals surface area contributed by atoms with Gasteiger partial charge in [-0.3, -0.25) is 4.57 Å². The van der Waals surface area contributed by atoms with E-state index in [0.29, 0.717) is 0 Å². The molecular weight excluding hydrogens is 637 g/mol. The molecule has 0 radical (unpaired) electrons. The molecule has 0 amide bonds. The number of hydrogen-bond donors (Lipinski definition) is 0. The van der Waals surface area contributed by atoms with Crippen molar-refractivity contribution in [3.05, 3.63) is 130 Å². The molecule has 0 unspecified atom stereocenters. The highest BCUT2D eigenvalue weighted by atomic mass is 16.5. The maximum absolute atomic E-state index is 6.82. The Hall–Kier alpha value is -5.16. The molecule has 7 aromatic rings. The van der Waals surface area contributed by atoms with Crippen LogP contribution in [0.5, 0.6) is 11.5 Å². The van der Waals surface area contributed by atoms with Gasteiger partial charge < -0.3 is 4.74 Å². The molecule has 0 aliphatic heterocycles. The van der Waals surface area contributed by atoms with E-state index in [9.17, 15) is 0 Å². The van der Waals surface area contributed by atoms with E-state index in [4.69, 9.17) is 14.8 Å². The normalized spacial score (nSPS) is 12.3. The Balaban J connectivity index is 1.36. The summed E-state index contributed by atoms with van der Waals surface area (Å²) in [5, 5.41) is 7.54. The topological polar surface area (TPSA) is 44.9 Å². The van der Waals surface area contributed by atoms with Crippen LogP contribution in [0.4, 0.5) is 0 Å². The van der Waals surface area contributed by atoms with Gasteiger partial charge in [0.15, 0.2) is 0 Å². The Morgan fingerprint density at radius 1 is 0.635 bits per heavy atom. The number of fused-ring (bicyclic) bond motifs is 3. The van der Waals surface area contributed by atoms with E-state index < -0.39 is 0 Å². The lowest BCUT2D eigenvalue weighted by Gasteiger charge is -2.22. The fourth-order valence-electron chi connectivity index (χ4n) is 7.68. The van der Waals surface area contributed by atoms with Crippen LogP contribution in [0.2, 0.25) is 0 Å². The molecule has 266 valence electrons. The van der Waals surface area contributed by atoms with Gasteiger partial charge in [0.1, 0.15) is 17.3 Å². The van der Waals surface area contributed by atoms with Crippen LogP contribution >= 0.6 is 0 Å². The standard InChI is InChI=1S/C47H52N4O/c1-12-32-22-29(3)23-33(13-2)45(32)44-30(4)49-51(31(44)5)36-24-35(47(9,10)11)25-38(27-36)52-37-18-19-40-39-16-14-15-17-41(39)50(42(40)28-37)43-26-34(20-21-48-43)46(6,7)8/h14-28H,12-13H2,1-11H3. The number of para-hydroxylation sites is 1. The van der Waals surface area contributed by atoms with Crippen molar-refractivity contribution in [1.82, 2.24) is 19.3 Å². The predicted molar refractivity (Wildman–Crippen MR) is 218 cm³/mol. The zero-order valence-electron chi connectivity index (χ0n) is 32.8. The molecule has 0 spiro atoms. The molecule has 0 saturated carbocycles. The lowest BCUT2D eigenvalue weighted by Crippen LogP contribution is -2.12. The van der Waals surface area contributed by atoms with Gasteiger partial charge in [0, 0.05) is 40.4 Å². The summed E-state index contributed by atoms with van der Waals surface area (Å²) in [6.45, 7) is 24.5. The number of rotatable bonds is 7. The minimum atomic E-state index is -0.102. The number of ether oxygens (including phenoxy) is 1. The van der Waals surface area contributed by atoms with Crippen molar-refractivity contribution < 1.29 is 4.74 Å². The highest BCUT2D eigenvalue weighted by Gasteiger charge is 2.23. The van der Waals surface area contributed by atoms with Gasteiger partial charge >= 0.3 is 0 Å². The van der Waals surface area contributed by atoms with E-state index in [-0.39, 0.29) is 10.8 Å². The molecule has 0 atom stereocenters. The zero-order chi connectivity index (χ0) is 37.1. The third-order valence-corrected chi connectivity index (χ3v) is 10.5. The Bertz CT molecular complexity index is 2440. The second-order valence-corrected chi connectivity index (χ2v) is 16.4. The second-order valence-electron chi connectivity index (χ2n) is 16.4. The number of benzene rings is 4. The molecule has 0 saturated heterocycles. The molecule has 4 aromatic carbocycles. The molecule has 52 heavy (non-hydrogen) atoms. The minimum Gasteiger partial charge on any atom is -0.457 e. The van der Waals surface area contributed by atoms with Gasteiger partial charge in [0.2, 0.25) is 0 Å². The first-order valence-electron chi connectivity index (χ1n) is 18.7. The third kappa shape index (κ3) is 6.31. The van der Waals surface area contributed by atoms with Crippen LogP contribution in [-0.4, -0.2) is 19.3 Å². The minimum absolute atomic E-state index is 0.00342. The highest BCUT2D eigenvalue weighted by molar-refractivity contribution is 6.09. The van der Waals surface area contributed by atoms with Crippen LogP contribution in [0, 0.1) is 20.8 Å². The number of nitrogens with zero attached hydrogens (tertiary/aromatic N) is 4. The van der Waals surface area contributed by atoms with Gasteiger partial charge in [-0.1, -0.05) is 91.3 Å². The first-order chi connectivity index (χ1) is 24.7. The molecule has 0 bridgehead atoms. The molecule has 0 aliphatic carbocycles. The molecule has 5 nitrogen and oxygen atoms in total. The first kappa shape index (κ1) is 35.3. The smallest absolute Gasteiger partial charge is 0.137 e. The largest absolute Gasteiger partial charge is 0.457 e. The van der Waals surface area contributed by atoms with Crippen LogP contribution < -0.4 is 4.74 Å². The number of hydrogen-bond acceptors (Lipinski definition) is 3. The van der Waals surface area contributed by atoms with Crippen molar-refractivity contribution in [1.29, 1.82) is 0 Å². The summed E-state index contributed by atoms with van der Waals surface area (Å²) in [5.74, 6) is 2.46. The first-order valence-corrected chi connectivity index (χ1v) is 18.7. The molecule has 0 fully saturated rings. The fraction of sp³-hybridized carbons (Fsp3) is 0.319. The monoisotopic (exact) mass is 688 g/mol. The summed E-state index contributed by atoms with van der Waals surface area (Å²) in [6, 6.07) is 30.5. The van der Waals surface area contributed by atoms with Crippen molar-refractivity contribution in [2.75, 3.05) is 0 Å². The number of aryl methyl sites for hydroxylation is 4. The van der Waals surface area contributed by atoms with E-state index in [2.05, 4.69) is 170 Å². The Kier molecular flexibility index (Phi) is 8.89. The number of pyridine rings is 1. The van der Waals surface area contributed by atoms with Crippen molar-refractivity contribution >= 4 is 21.8 Å². The zero-order valence-corrected chi connectivity index (χ0v) is 32.8. The molecule has 0 aliphatic rings. The Morgan fingerprint density at radius 2 is 1.31 bits per heavy atom. The maximum atomic E-state index is 6.82. The van der Waals surface area contributed by atoms with Crippen molar-refractivity contribution in [2.45, 2.75) is 99.8 Å². The Morgan fingerprint density at radius 3 is 1.98 bits per heavy atom.